The van der Waals surface area contributed by atoms with Crippen LogP contribution in [-0.2, 0) is 14.3 Å². The Balaban J connectivity index is 0.000000136. The highest BCUT2D eigenvalue weighted by Gasteiger charge is 2.47. The summed E-state index contributed by atoms with van der Waals surface area (Å²) < 4.78 is 4.63. The van der Waals surface area contributed by atoms with Gasteiger partial charge in [0.25, 0.3) is 0 Å². The molecular formula is C11H15NO5. The second kappa shape index (κ2) is 4.73. The van der Waals surface area contributed by atoms with Gasteiger partial charge in [0.05, 0.1) is 0 Å². The molecule has 3 aliphatic rings. The maximum atomic E-state index is 10.1. The molecule has 3 rings (SSSR count). The molecule has 0 radical (unpaired) electrons. The van der Waals surface area contributed by atoms with Gasteiger partial charge in [-0.2, -0.15) is 0 Å². The van der Waals surface area contributed by atoms with Crippen LogP contribution in [-0.4, -0.2) is 29.2 Å². The minimum atomic E-state index is -1.12. The summed E-state index contributed by atoms with van der Waals surface area (Å²) >= 11 is 0. The number of fused-ring (bicyclic) bond motifs is 1. The van der Waals surface area contributed by atoms with Crippen LogP contribution in [0.25, 0.3) is 0 Å². The lowest BCUT2D eigenvalue weighted by Crippen LogP contribution is -2.18. The number of carbonyl (C=O) groups excluding carboxylic acids is 2. The summed E-state index contributed by atoms with van der Waals surface area (Å²) in [6.45, 7) is 0. The lowest BCUT2D eigenvalue weighted by Gasteiger charge is -2.08. The van der Waals surface area contributed by atoms with Crippen molar-refractivity contribution in [3.63, 3.8) is 0 Å². The van der Waals surface area contributed by atoms with Crippen molar-refractivity contribution in [3.8, 4) is 0 Å². The Labute approximate surface area is 98.3 Å². The van der Waals surface area contributed by atoms with Crippen molar-refractivity contribution in [3.05, 3.63) is 0 Å². The summed E-state index contributed by atoms with van der Waals surface area (Å²) in [5.41, 5.74) is 0. The van der Waals surface area contributed by atoms with Crippen molar-refractivity contribution in [2.24, 2.45) is 11.8 Å². The van der Waals surface area contributed by atoms with E-state index >= 15 is 0 Å². The molecule has 94 valence electrons. The van der Waals surface area contributed by atoms with Crippen LogP contribution in [0.3, 0.4) is 0 Å². The van der Waals surface area contributed by atoms with Gasteiger partial charge >= 0.3 is 6.16 Å². The molecule has 2 saturated carbocycles. The molecule has 6 nitrogen and oxygen atoms in total. The maximum absolute atomic E-state index is 10.1. The second-order valence-electron chi connectivity index (χ2n) is 4.70. The number of carboxylic acid groups (broad SMARTS) is 1. The summed E-state index contributed by atoms with van der Waals surface area (Å²) in [4.78, 5) is 30.3. The van der Waals surface area contributed by atoms with E-state index in [2.05, 4.69) is 10.1 Å². The fraction of sp³-hybridized carbons (Fsp3) is 0.727. The molecule has 2 unspecified atom stereocenters. The summed E-state index contributed by atoms with van der Waals surface area (Å²) in [5.74, 6) is 1.30. The summed E-state index contributed by atoms with van der Waals surface area (Å²) in [6.07, 6.45) is 2.89. The van der Waals surface area contributed by atoms with Crippen LogP contribution in [0.2, 0.25) is 0 Å². The van der Waals surface area contributed by atoms with Gasteiger partial charge in [0, 0.05) is 12.8 Å². The van der Waals surface area contributed by atoms with Crippen LogP contribution in [0, 0.1) is 11.8 Å². The smallest absolute Gasteiger partial charge is 0.450 e. The topological polar surface area (TPSA) is 92.7 Å². The molecule has 1 heterocycles. The first kappa shape index (κ1) is 11.9. The minimum Gasteiger partial charge on any atom is -0.450 e. The van der Waals surface area contributed by atoms with Crippen LogP contribution in [0.4, 0.5) is 4.79 Å². The average molecular weight is 241 g/mol. The standard InChI is InChI=1S/C7H10O3.C4H5NO2/c8-7(9)10-6-2-4-1-5(4)3-6;6-3-1-2-4(7)5-3/h4-6H,1-3H2,(H,8,9);1-2H2,(H,5,6,7). The SMILES string of the molecule is O=C(O)OC1CC2CC2C1.O=C1CCC(=O)N1. The van der Waals surface area contributed by atoms with E-state index in [-0.39, 0.29) is 17.9 Å². The highest BCUT2D eigenvalue weighted by Crippen LogP contribution is 2.52. The van der Waals surface area contributed by atoms with E-state index in [9.17, 15) is 14.4 Å². The monoisotopic (exact) mass is 241 g/mol. The summed E-state index contributed by atoms with van der Waals surface area (Å²) in [6, 6.07) is 0. The average Bonchev–Trinajstić information content (AvgIpc) is 2.65. The number of amides is 2. The van der Waals surface area contributed by atoms with E-state index in [1.54, 1.807) is 0 Å². The fourth-order valence-corrected chi connectivity index (χ4v) is 2.41. The van der Waals surface area contributed by atoms with Crippen LogP contribution in [0.5, 0.6) is 0 Å². The van der Waals surface area contributed by atoms with Crippen LogP contribution in [0.1, 0.15) is 32.1 Å². The van der Waals surface area contributed by atoms with Gasteiger partial charge in [0.1, 0.15) is 6.10 Å². The molecule has 17 heavy (non-hydrogen) atoms. The number of carbonyl (C=O) groups is 3. The molecular weight excluding hydrogens is 226 g/mol. The number of rotatable bonds is 1. The largest absolute Gasteiger partial charge is 0.506 e. The highest BCUT2D eigenvalue weighted by atomic mass is 16.7. The number of ether oxygens (including phenoxy) is 1. The Morgan fingerprint density at radius 1 is 1.12 bits per heavy atom. The Kier molecular flexibility index (Phi) is 3.31. The Morgan fingerprint density at radius 3 is 2.00 bits per heavy atom. The van der Waals surface area contributed by atoms with Gasteiger partial charge in [-0.05, 0) is 31.1 Å². The predicted octanol–water partition coefficient (Wildman–Crippen LogP) is 0.903. The van der Waals surface area contributed by atoms with Gasteiger partial charge < -0.3 is 9.84 Å². The van der Waals surface area contributed by atoms with E-state index in [1.807, 2.05) is 0 Å². The predicted molar refractivity (Wildman–Crippen MR) is 56.1 cm³/mol. The molecule has 2 amide bonds. The molecule has 1 aliphatic heterocycles. The molecule has 0 bridgehead atoms. The maximum Gasteiger partial charge on any atom is 0.506 e. The summed E-state index contributed by atoms with van der Waals surface area (Å²) in [5, 5.41) is 10.4. The van der Waals surface area contributed by atoms with E-state index in [0.29, 0.717) is 12.8 Å². The molecule has 1 saturated heterocycles. The van der Waals surface area contributed by atoms with Crippen LogP contribution >= 0.6 is 0 Å². The third kappa shape index (κ3) is 3.44. The normalized spacial score (nSPS) is 33.3. The first-order valence-corrected chi connectivity index (χ1v) is 5.77. The van der Waals surface area contributed by atoms with E-state index in [1.165, 1.54) is 6.42 Å². The molecule has 2 aliphatic carbocycles. The second-order valence-corrected chi connectivity index (χ2v) is 4.70. The van der Waals surface area contributed by atoms with Gasteiger partial charge in [-0.15, -0.1) is 0 Å². The molecule has 0 spiro atoms. The van der Waals surface area contributed by atoms with E-state index in [4.69, 9.17) is 5.11 Å². The van der Waals surface area contributed by atoms with E-state index < -0.39 is 6.16 Å². The number of nitrogens with one attached hydrogen (secondary N) is 1. The molecule has 2 atom stereocenters. The third-order valence-corrected chi connectivity index (χ3v) is 3.33. The molecule has 6 heteroatoms. The van der Waals surface area contributed by atoms with Gasteiger partial charge in [-0.3, -0.25) is 14.9 Å². The molecule has 0 aromatic rings. The quantitative estimate of drug-likeness (QED) is 0.525. The number of imide groups is 1. The summed E-state index contributed by atoms with van der Waals surface area (Å²) in [7, 11) is 0. The number of hydrogen-bond donors (Lipinski definition) is 2. The van der Waals surface area contributed by atoms with Crippen molar-refractivity contribution < 1.29 is 24.2 Å². The zero-order valence-corrected chi connectivity index (χ0v) is 9.35. The first-order chi connectivity index (χ1) is 8.04. The van der Waals surface area contributed by atoms with Gasteiger partial charge in [-0.25, -0.2) is 4.79 Å². The van der Waals surface area contributed by atoms with Crippen molar-refractivity contribution in [1.82, 2.24) is 5.32 Å². The Bertz CT molecular complexity index is 330. The highest BCUT2D eigenvalue weighted by molar-refractivity contribution is 6.01. The zero-order valence-electron chi connectivity index (χ0n) is 9.35. The first-order valence-electron chi connectivity index (χ1n) is 5.77. The fourth-order valence-electron chi connectivity index (χ4n) is 2.41. The molecule has 0 aromatic heterocycles. The van der Waals surface area contributed by atoms with E-state index in [0.717, 1.165) is 24.7 Å². The third-order valence-electron chi connectivity index (χ3n) is 3.33. The van der Waals surface area contributed by atoms with Crippen molar-refractivity contribution in [2.75, 3.05) is 0 Å². The lowest BCUT2D eigenvalue weighted by atomic mass is 10.2. The van der Waals surface area contributed by atoms with Crippen LogP contribution < -0.4 is 5.32 Å². The van der Waals surface area contributed by atoms with Gasteiger partial charge in [0.2, 0.25) is 11.8 Å². The zero-order chi connectivity index (χ0) is 12.4. The minimum absolute atomic E-state index is 0.0150. The van der Waals surface area contributed by atoms with Crippen molar-refractivity contribution in [1.29, 1.82) is 0 Å². The lowest BCUT2D eigenvalue weighted by molar-refractivity contribution is -0.124. The Morgan fingerprint density at radius 2 is 1.65 bits per heavy atom. The molecule has 2 N–H and O–H groups in total. The molecule has 0 aromatic carbocycles. The van der Waals surface area contributed by atoms with Gasteiger partial charge in [0.15, 0.2) is 0 Å². The Hall–Kier alpha value is -1.59. The van der Waals surface area contributed by atoms with Crippen molar-refractivity contribution >= 4 is 18.0 Å². The van der Waals surface area contributed by atoms with Crippen molar-refractivity contribution in [2.45, 2.75) is 38.2 Å². The number of hydrogen-bond acceptors (Lipinski definition) is 4. The van der Waals surface area contributed by atoms with Crippen LogP contribution in [0.15, 0.2) is 0 Å². The van der Waals surface area contributed by atoms with Gasteiger partial charge in [-0.1, -0.05) is 0 Å². The molecule has 3 fully saturated rings.